The molecule has 43 heavy (non-hydrogen) atoms. The number of pyridine rings is 1. The minimum absolute atomic E-state index is 0.0161. The monoisotopic (exact) mass is 596 g/mol. The quantitative estimate of drug-likeness (QED) is 0.147. The lowest BCUT2D eigenvalue weighted by Crippen LogP contribution is -2.50. The molecule has 4 rings (SSSR count). The topological polar surface area (TPSA) is 169 Å². The number of nitrogens with one attached hydrogen (secondary N) is 2. The molecule has 2 aromatic carbocycles. The van der Waals surface area contributed by atoms with Gasteiger partial charge in [-0.25, -0.2) is 4.98 Å². The van der Waals surface area contributed by atoms with Gasteiger partial charge >= 0.3 is 6.18 Å². The lowest BCUT2D eigenvalue weighted by molar-refractivity contribution is -0.137. The molecule has 0 aliphatic heterocycles. The molecular weight excluding hydrogens is 561 g/mol. The van der Waals surface area contributed by atoms with Crippen molar-refractivity contribution in [2.24, 2.45) is 17.2 Å². The van der Waals surface area contributed by atoms with E-state index in [1.807, 2.05) is 35.2 Å². The zero-order valence-electron chi connectivity index (χ0n) is 23.5. The average molecular weight is 597 g/mol. The van der Waals surface area contributed by atoms with E-state index in [9.17, 15) is 22.8 Å². The van der Waals surface area contributed by atoms with Gasteiger partial charge in [0.2, 0.25) is 11.9 Å². The molecule has 228 valence electrons. The molecule has 2 aromatic heterocycles. The first-order chi connectivity index (χ1) is 20.6. The molecule has 2 atom stereocenters. The molecular formula is C30H35F3N8O2. The van der Waals surface area contributed by atoms with E-state index in [1.54, 1.807) is 12.4 Å². The third-order valence-corrected chi connectivity index (χ3v) is 6.94. The molecule has 10 nitrogen and oxygen atoms in total. The molecule has 0 aliphatic carbocycles. The van der Waals surface area contributed by atoms with Crippen molar-refractivity contribution in [3.8, 4) is 0 Å². The Labute approximate surface area is 246 Å². The number of amides is 1. The van der Waals surface area contributed by atoms with Gasteiger partial charge in [-0.15, -0.1) is 0 Å². The third kappa shape index (κ3) is 8.60. The van der Waals surface area contributed by atoms with Crippen LogP contribution < -0.4 is 27.4 Å². The van der Waals surface area contributed by atoms with E-state index < -0.39 is 29.7 Å². The third-order valence-electron chi connectivity index (χ3n) is 6.94. The van der Waals surface area contributed by atoms with Crippen LogP contribution in [0.3, 0.4) is 0 Å². The number of benzene rings is 2. The number of fused-ring (bicyclic) bond motifs is 1. The summed E-state index contributed by atoms with van der Waals surface area (Å²) in [5, 5.41) is 3.58. The van der Waals surface area contributed by atoms with E-state index in [1.165, 1.54) is 12.1 Å². The average Bonchev–Trinajstić information content (AvgIpc) is 3.44. The van der Waals surface area contributed by atoms with Crippen LogP contribution in [0.2, 0.25) is 0 Å². The van der Waals surface area contributed by atoms with Crippen LogP contribution in [-0.4, -0.2) is 64.9 Å². The number of imidazole rings is 1. The molecule has 13 heteroatoms. The number of rotatable bonds is 14. The van der Waals surface area contributed by atoms with E-state index in [-0.39, 0.29) is 25.0 Å². The number of nitrogens with zero attached hydrogens (tertiary/aromatic N) is 3. The number of Topliss-reactive ketones (excluding diaryl/α,β-unsaturated/α-hetero) is 1. The maximum atomic E-state index is 13.5. The summed E-state index contributed by atoms with van der Waals surface area (Å²) in [6.45, 7) is 1.89. The number of para-hydroxylation sites is 1. The number of halogens is 3. The van der Waals surface area contributed by atoms with Crippen molar-refractivity contribution in [1.29, 1.82) is 0 Å². The fourth-order valence-corrected chi connectivity index (χ4v) is 4.70. The second-order valence-corrected chi connectivity index (χ2v) is 10.2. The number of alkyl halides is 3. The Hall–Kier alpha value is -4.33. The van der Waals surface area contributed by atoms with Gasteiger partial charge in [0.1, 0.15) is 0 Å². The SMILES string of the molecule is NCCN(CCN)c1ncc(C[C@H](N)C(=O)N[C@@H](Cc2ccc(C(F)(F)F)cc2)C(=O)Cc2cnc3ccccc3c2)[nH]1. The van der Waals surface area contributed by atoms with Crippen molar-refractivity contribution in [3.63, 3.8) is 0 Å². The van der Waals surface area contributed by atoms with Gasteiger partial charge < -0.3 is 32.4 Å². The molecule has 1 amide bonds. The largest absolute Gasteiger partial charge is 0.416 e. The van der Waals surface area contributed by atoms with Crippen LogP contribution in [0, 0.1) is 0 Å². The number of ketones is 1. The van der Waals surface area contributed by atoms with Crippen LogP contribution in [0.5, 0.6) is 0 Å². The fraction of sp³-hybridized carbons (Fsp3) is 0.333. The normalized spacial score (nSPS) is 13.1. The first kappa shape index (κ1) is 31.6. The van der Waals surface area contributed by atoms with E-state index in [4.69, 9.17) is 17.2 Å². The van der Waals surface area contributed by atoms with Crippen molar-refractivity contribution in [2.75, 3.05) is 31.1 Å². The van der Waals surface area contributed by atoms with Crippen LogP contribution in [0.1, 0.15) is 22.4 Å². The molecule has 0 saturated heterocycles. The Kier molecular flexibility index (Phi) is 10.5. The zero-order valence-corrected chi connectivity index (χ0v) is 23.5. The van der Waals surface area contributed by atoms with E-state index in [0.717, 1.165) is 23.0 Å². The Bertz CT molecular complexity index is 1520. The van der Waals surface area contributed by atoms with Gasteiger partial charge in [-0.3, -0.25) is 14.6 Å². The molecule has 0 saturated carbocycles. The highest BCUT2D eigenvalue weighted by atomic mass is 19.4. The van der Waals surface area contributed by atoms with Crippen LogP contribution in [0.25, 0.3) is 10.9 Å². The first-order valence-electron chi connectivity index (χ1n) is 13.8. The zero-order chi connectivity index (χ0) is 31.0. The maximum Gasteiger partial charge on any atom is 0.416 e. The lowest BCUT2D eigenvalue weighted by atomic mass is 9.96. The predicted molar refractivity (Wildman–Crippen MR) is 158 cm³/mol. The summed E-state index contributed by atoms with van der Waals surface area (Å²) < 4.78 is 39.2. The Morgan fingerprint density at radius 2 is 1.63 bits per heavy atom. The minimum Gasteiger partial charge on any atom is -0.345 e. The predicted octanol–water partition coefficient (Wildman–Crippen LogP) is 2.11. The van der Waals surface area contributed by atoms with Gasteiger partial charge in [0, 0.05) is 56.3 Å². The van der Waals surface area contributed by atoms with Crippen LogP contribution in [-0.2, 0) is 35.0 Å². The van der Waals surface area contributed by atoms with Gasteiger partial charge in [-0.2, -0.15) is 13.2 Å². The minimum atomic E-state index is -4.49. The van der Waals surface area contributed by atoms with Crippen LogP contribution in [0.4, 0.5) is 19.1 Å². The Morgan fingerprint density at radius 3 is 2.30 bits per heavy atom. The summed E-state index contributed by atoms with van der Waals surface area (Å²) in [5.74, 6) is -0.364. The van der Waals surface area contributed by atoms with Gasteiger partial charge in [0.25, 0.3) is 0 Å². The van der Waals surface area contributed by atoms with E-state index >= 15 is 0 Å². The summed E-state index contributed by atoms with van der Waals surface area (Å²) in [6.07, 6.45) is -1.28. The Morgan fingerprint density at radius 1 is 0.930 bits per heavy atom. The van der Waals surface area contributed by atoms with Crippen molar-refractivity contribution < 1.29 is 22.8 Å². The first-order valence-corrected chi connectivity index (χ1v) is 13.8. The number of hydrogen-bond donors (Lipinski definition) is 5. The van der Waals surface area contributed by atoms with E-state index in [2.05, 4.69) is 20.3 Å². The molecule has 0 radical (unpaired) electrons. The summed E-state index contributed by atoms with van der Waals surface area (Å²) in [6, 6.07) is 11.7. The number of H-pyrrole nitrogens is 1. The second-order valence-electron chi connectivity index (χ2n) is 10.2. The molecule has 0 spiro atoms. The van der Waals surface area contributed by atoms with Crippen molar-refractivity contribution in [1.82, 2.24) is 20.3 Å². The number of aromatic nitrogens is 3. The maximum absolute atomic E-state index is 13.5. The molecule has 0 unspecified atom stereocenters. The van der Waals surface area contributed by atoms with E-state index in [0.29, 0.717) is 48.9 Å². The molecule has 0 bridgehead atoms. The number of carbonyl (C=O) groups is 2. The van der Waals surface area contributed by atoms with Crippen LogP contribution in [0.15, 0.2) is 67.0 Å². The standard InChI is InChI=1S/C30H35F3N8O2/c31-30(32,33)22-7-5-19(6-8-22)14-26(27(42)15-20-13-21-3-1-2-4-25(21)37-17-20)40-28(43)24(36)16-23-18-38-29(39-23)41(11-9-34)12-10-35/h1-8,13,17-18,24,26H,9-12,14-16,34-36H2,(H,38,39)(H,40,43)/t24-,26-/m0/s1. The van der Waals surface area contributed by atoms with Crippen molar-refractivity contribution >= 4 is 28.5 Å². The van der Waals surface area contributed by atoms with Crippen molar-refractivity contribution in [3.05, 3.63) is 89.4 Å². The Balaban J connectivity index is 1.49. The number of nitrogens with two attached hydrogens (primary N) is 3. The van der Waals surface area contributed by atoms with Gasteiger partial charge in [0.15, 0.2) is 5.78 Å². The molecule has 4 aromatic rings. The number of aromatic amines is 1. The van der Waals surface area contributed by atoms with Gasteiger partial charge in [-0.05, 0) is 41.8 Å². The number of hydrogen-bond acceptors (Lipinski definition) is 8. The lowest BCUT2D eigenvalue weighted by Gasteiger charge is -2.21. The van der Waals surface area contributed by atoms with Crippen molar-refractivity contribution in [2.45, 2.75) is 37.5 Å². The highest BCUT2D eigenvalue weighted by Gasteiger charge is 2.30. The summed E-state index contributed by atoms with van der Waals surface area (Å²) in [4.78, 5) is 40.4. The highest BCUT2D eigenvalue weighted by Crippen LogP contribution is 2.29. The molecule has 0 fully saturated rings. The van der Waals surface area contributed by atoms with Crippen LogP contribution >= 0.6 is 0 Å². The van der Waals surface area contributed by atoms with Gasteiger partial charge in [-0.1, -0.05) is 30.3 Å². The summed E-state index contributed by atoms with van der Waals surface area (Å²) in [5.41, 5.74) is 19.2. The number of carbonyl (C=O) groups excluding carboxylic acids is 2. The van der Waals surface area contributed by atoms with Gasteiger partial charge in [0.05, 0.1) is 29.4 Å². The molecule has 0 aliphatic rings. The fourth-order valence-electron chi connectivity index (χ4n) is 4.70. The summed E-state index contributed by atoms with van der Waals surface area (Å²) in [7, 11) is 0. The smallest absolute Gasteiger partial charge is 0.345 e. The highest BCUT2D eigenvalue weighted by molar-refractivity contribution is 5.92. The molecule has 8 N–H and O–H groups in total. The second kappa shape index (κ2) is 14.2. The molecule has 2 heterocycles. The number of anilines is 1. The summed E-state index contributed by atoms with van der Waals surface area (Å²) >= 11 is 0.